The largest absolute Gasteiger partial charge is 0.393 e. The van der Waals surface area contributed by atoms with Crippen molar-refractivity contribution in [1.82, 2.24) is 0 Å². The standard InChI is InChI=1S/C16H23NO2/c1-11-4-7-14(10-12(11)2)17(3)16(19)13-5-8-15(18)9-6-13/h4,7,10,13,15,18H,5-6,8-9H2,1-3H3. The first kappa shape index (κ1) is 14.1. The monoisotopic (exact) mass is 261 g/mol. The Morgan fingerprint density at radius 2 is 1.79 bits per heavy atom. The van der Waals surface area contributed by atoms with Gasteiger partial charge in [-0.1, -0.05) is 6.07 Å². The van der Waals surface area contributed by atoms with Crippen molar-refractivity contribution >= 4 is 11.6 Å². The minimum Gasteiger partial charge on any atom is -0.393 e. The van der Waals surface area contributed by atoms with Crippen LogP contribution in [0.2, 0.25) is 0 Å². The molecule has 1 amide bonds. The maximum absolute atomic E-state index is 12.4. The summed E-state index contributed by atoms with van der Waals surface area (Å²) >= 11 is 0. The molecule has 0 spiro atoms. The van der Waals surface area contributed by atoms with E-state index in [4.69, 9.17) is 0 Å². The van der Waals surface area contributed by atoms with Crippen molar-refractivity contribution < 1.29 is 9.90 Å². The normalized spacial score (nSPS) is 23.2. The van der Waals surface area contributed by atoms with Crippen LogP contribution in [-0.4, -0.2) is 24.2 Å². The molecule has 1 aromatic carbocycles. The summed E-state index contributed by atoms with van der Waals surface area (Å²) in [5.74, 6) is 0.241. The molecule has 0 radical (unpaired) electrons. The highest BCUT2D eigenvalue weighted by Crippen LogP contribution is 2.27. The fraction of sp³-hybridized carbons (Fsp3) is 0.562. The van der Waals surface area contributed by atoms with E-state index in [9.17, 15) is 9.90 Å². The van der Waals surface area contributed by atoms with Gasteiger partial charge in [0.1, 0.15) is 0 Å². The van der Waals surface area contributed by atoms with Gasteiger partial charge in [0.05, 0.1) is 6.10 Å². The van der Waals surface area contributed by atoms with E-state index in [1.807, 2.05) is 13.1 Å². The summed E-state index contributed by atoms with van der Waals surface area (Å²) in [5, 5.41) is 9.51. The summed E-state index contributed by atoms with van der Waals surface area (Å²) in [6, 6.07) is 6.11. The molecule has 104 valence electrons. The van der Waals surface area contributed by atoms with Crippen molar-refractivity contribution in [2.24, 2.45) is 5.92 Å². The van der Waals surface area contributed by atoms with Crippen molar-refractivity contribution in [3.63, 3.8) is 0 Å². The first-order valence-electron chi connectivity index (χ1n) is 7.02. The number of nitrogens with zero attached hydrogens (tertiary/aromatic N) is 1. The second-order valence-corrected chi connectivity index (χ2v) is 5.67. The predicted octanol–water partition coefficient (Wildman–Crippen LogP) is 2.82. The average Bonchev–Trinajstić information content (AvgIpc) is 2.41. The highest BCUT2D eigenvalue weighted by Gasteiger charge is 2.27. The lowest BCUT2D eigenvalue weighted by molar-refractivity contribution is -0.123. The number of aliphatic hydroxyl groups is 1. The molecule has 1 N–H and O–H groups in total. The second-order valence-electron chi connectivity index (χ2n) is 5.67. The van der Waals surface area contributed by atoms with Crippen molar-refractivity contribution in [3.05, 3.63) is 29.3 Å². The van der Waals surface area contributed by atoms with Gasteiger partial charge in [-0.05, 0) is 62.8 Å². The van der Waals surface area contributed by atoms with Gasteiger partial charge < -0.3 is 10.0 Å². The molecule has 0 saturated heterocycles. The topological polar surface area (TPSA) is 40.5 Å². The molecule has 1 aromatic rings. The molecule has 1 saturated carbocycles. The Balaban J connectivity index is 2.08. The lowest BCUT2D eigenvalue weighted by Crippen LogP contribution is -2.35. The highest BCUT2D eigenvalue weighted by atomic mass is 16.3. The summed E-state index contributed by atoms with van der Waals surface area (Å²) in [6.45, 7) is 4.14. The third-order valence-corrected chi connectivity index (χ3v) is 4.25. The van der Waals surface area contributed by atoms with Crippen LogP contribution >= 0.6 is 0 Å². The SMILES string of the molecule is Cc1ccc(N(C)C(=O)C2CCC(O)CC2)cc1C. The molecule has 1 aliphatic rings. The van der Waals surface area contributed by atoms with E-state index < -0.39 is 0 Å². The number of hydrogen-bond donors (Lipinski definition) is 1. The number of anilines is 1. The van der Waals surface area contributed by atoms with Crippen molar-refractivity contribution in [2.75, 3.05) is 11.9 Å². The van der Waals surface area contributed by atoms with E-state index in [0.29, 0.717) is 0 Å². The van der Waals surface area contributed by atoms with Crippen LogP contribution < -0.4 is 4.90 Å². The predicted molar refractivity (Wildman–Crippen MR) is 77.3 cm³/mol. The number of benzene rings is 1. The molecule has 0 aliphatic heterocycles. The number of amides is 1. The minimum absolute atomic E-state index is 0.0648. The van der Waals surface area contributed by atoms with Crippen LogP contribution in [0.3, 0.4) is 0 Å². The molecule has 1 aliphatic carbocycles. The summed E-state index contributed by atoms with van der Waals surface area (Å²) in [4.78, 5) is 14.2. The molecule has 0 heterocycles. The Labute approximate surface area is 115 Å². The van der Waals surface area contributed by atoms with E-state index in [0.717, 1.165) is 31.4 Å². The molecule has 0 bridgehead atoms. The number of rotatable bonds is 2. The van der Waals surface area contributed by atoms with Crippen LogP contribution in [0.1, 0.15) is 36.8 Å². The van der Waals surface area contributed by atoms with E-state index in [-0.39, 0.29) is 17.9 Å². The number of aliphatic hydroxyl groups excluding tert-OH is 1. The van der Waals surface area contributed by atoms with Crippen LogP contribution in [0, 0.1) is 19.8 Å². The molecule has 0 unspecified atom stereocenters. The molecule has 3 heteroatoms. The zero-order valence-corrected chi connectivity index (χ0v) is 12.0. The van der Waals surface area contributed by atoms with Crippen molar-refractivity contribution in [1.29, 1.82) is 0 Å². The van der Waals surface area contributed by atoms with Gasteiger partial charge in [0.15, 0.2) is 0 Å². The fourth-order valence-electron chi connectivity index (χ4n) is 2.66. The first-order chi connectivity index (χ1) is 8.99. The summed E-state index contributed by atoms with van der Waals surface area (Å²) in [5.41, 5.74) is 3.40. The van der Waals surface area contributed by atoms with Crippen LogP contribution in [0.15, 0.2) is 18.2 Å². The van der Waals surface area contributed by atoms with E-state index in [2.05, 4.69) is 26.0 Å². The summed E-state index contributed by atoms with van der Waals surface area (Å²) in [6.07, 6.45) is 2.88. The average molecular weight is 261 g/mol. The fourth-order valence-corrected chi connectivity index (χ4v) is 2.66. The van der Waals surface area contributed by atoms with Gasteiger partial charge in [-0.3, -0.25) is 4.79 Å². The summed E-state index contributed by atoms with van der Waals surface area (Å²) < 4.78 is 0. The lowest BCUT2D eigenvalue weighted by atomic mass is 9.86. The summed E-state index contributed by atoms with van der Waals surface area (Å²) in [7, 11) is 1.84. The van der Waals surface area contributed by atoms with Gasteiger partial charge >= 0.3 is 0 Å². The van der Waals surface area contributed by atoms with E-state index in [1.165, 1.54) is 11.1 Å². The molecule has 1 fully saturated rings. The Morgan fingerprint density at radius 3 is 2.37 bits per heavy atom. The number of aryl methyl sites for hydroxylation is 2. The maximum atomic E-state index is 12.4. The Hall–Kier alpha value is -1.35. The zero-order chi connectivity index (χ0) is 14.0. The van der Waals surface area contributed by atoms with Gasteiger partial charge in [-0.15, -0.1) is 0 Å². The molecule has 0 aromatic heterocycles. The molecular formula is C16H23NO2. The maximum Gasteiger partial charge on any atom is 0.229 e. The van der Waals surface area contributed by atoms with Gasteiger partial charge in [0, 0.05) is 18.7 Å². The molecule has 0 atom stereocenters. The van der Waals surface area contributed by atoms with Crippen LogP contribution in [-0.2, 0) is 4.79 Å². The van der Waals surface area contributed by atoms with Gasteiger partial charge in [0.2, 0.25) is 5.91 Å². The Bertz CT molecular complexity index is 462. The Kier molecular flexibility index (Phi) is 4.25. The van der Waals surface area contributed by atoms with E-state index >= 15 is 0 Å². The van der Waals surface area contributed by atoms with Crippen molar-refractivity contribution in [3.8, 4) is 0 Å². The smallest absolute Gasteiger partial charge is 0.229 e. The van der Waals surface area contributed by atoms with Crippen molar-refractivity contribution in [2.45, 2.75) is 45.6 Å². The number of hydrogen-bond acceptors (Lipinski definition) is 2. The zero-order valence-electron chi connectivity index (χ0n) is 12.0. The number of carbonyl (C=O) groups is 1. The van der Waals surface area contributed by atoms with Gasteiger partial charge in [-0.25, -0.2) is 0 Å². The van der Waals surface area contributed by atoms with Crippen LogP contribution in [0.5, 0.6) is 0 Å². The Morgan fingerprint density at radius 1 is 1.16 bits per heavy atom. The van der Waals surface area contributed by atoms with E-state index in [1.54, 1.807) is 4.90 Å². The van der Waals surface area contributed by atoms with Gasteiger partial charge in [0.25, 0.3) is 0 Å². The van der Waals surface area contributed by atoms with Crippen LogP contribution in [0.4, 0.5) is 5.69 Å². The quantitative estimate of drug-likeness (QED) is 0.889. The molecule has 19 heavy (non-hydrogen) atoms. The lowest BCUT2D eigenvalue weighted by Gasteiger charge is -2.28. The third-order valence-electron chi connectivity index (χ3n) is 4.25. The second kappa shape index (κ2) is 5.74. The first-order valence-corrected chi connectivity index (χ1v) is 7.02. The van der Waals surface area contributed by atoms with Crippen LogP contribution in [0.25, 0.3) is 0 Å². The van der Waals surface area contributed by atoms with Gasteiger partial charge in [-0.2, -0.15) is 0 Å². The highest BCUT2D eigenvalue weighted by molar-refractivity contribution is 5.94. The minimum atomic E-state index is -0.212. The third kappa shape index (κ3) is 3.16. The molecule has 3 nitrogen and oxygen atoms in total. The molecule has 2 rings (SSSR count). The number of carbonyl (C=O) groups excluding carboxylic acids is 1. The molecular weight excluding hydrogens is 238 g/mol.